The zero-order valence-corrected chi connectivity index (χ0v) is 17.0. The first-order valence-corrected chi connectivity index (χ1v) is 9.79. The molecule has 1 heterocycles. The van der Waals surface area contributed by atoms with Gasteiger partial charge in [0.2, 0.25) is 0 Å². The van der Waals surface area contributed by atoms with Crippen LogP contribution in [0.5, 0.6) is 0 Å². The van der Waals surface area contributed by atoms with Crippen LogP contribution < -0.4 is 0 Å². The van der Waals surface area contributed by atoms with Gasteiger partial charge in [-0.2, -0.15) is 13.2 Å². The number of nitrogens with zero attached hydrogens (tertiary/aromatic N) is 2. The van der Waals surface area contributed by atoms with Crippen molar-refractivity contribution in [2.45, 2.75) is 12.7 Å². The molecule has 30 heavy (non-hydrogen) atoms. The van der Waals surface area contributed by atoms with Crippen molar-refractivity contribution < 1.29 is 13.2 Å². The summed E-state index contributed by atoms with van der Waals surface area (Å²) in [6.45, 7) is 0.571. The minimum absolute atomic E-state index is 0.526. The number of imidazole rings is 1. The van der Waals surface area contributed by atoms with Crippen molar-refractivity contribution in [1.29, 1.82) is 0 Å². The second kappa shape index (κ2) is 8.17. The molecule has 0 atom stereocenters. The van der Waals surface area contributed by atoms with Gasteiger partial charge < -0.3 is 4.57 Å². The highest BCUT2D eigenvalue weighted by Gasteiger charge is 2.30. The topological polar surface area (TPSA) is 17.8 Å². The molecule has 4 rings (SSSR count). The Bertz CT molecular complexity index is 1180. The van der Waals surface area contributed by atoms with Crippen molar-refractivity contribution in [3.63, 3.8) is 0 Å². The van der Waals surface area contributed by atoms with Crippen molar-refractivity contribution in [3.8, 4) is 22.4 Å². The first-order chi connectivity index (χ1) is 14.3. The van der Waals surface area contributed by atoms with E-state index in [0.717, 1.165) is 34.5 Å². The molecule has 0 radical (unpaired) electrons. The molecule has 0 aliphatic rings. The Hall–Kier alpha value is -2.76. The summed E-state index contributed by atoms with van der Waals surface area (Å²) in [6, 6.07) is 18.0. The van der Waals surface area contributed by atoms with Gasteiger partial charge in [0.15, 0.2) is 0 Å². The molecule has 0 saturated heterocycles. The van der Waals surface area contributed by atoms with Crippen molar-refractivity contribution in [3.05, 3.63) is 100 Å². The highest BCUT2D eigenvalue weighted by molar-refractivity contribution is 6.36. The van der Waals surface area contributed by atoms with E-state index in [1.54, 1.807) is 24.5 Å². The van der Waals surface area contributed by atoms with Crippen molar-refractivity contribution in [2.75, 3.05) is 0 Å². The van der Waals surface area contributed by atoms with Crippen LogP contribution in [0.1, 0.15) is 11.1 Å². The van der Waals surface area contributed by atoms with Crippen LogP contribution in [-0.2, 0) is 12.7 Å². The van der Waals surface area contributed by atoms with Crippen LogP contribution in [-0.4, -0.2) is 9.55 Å². The molecule has 1 aromatic heterocycles. The van der Waals surface area contributed by atoms with E-state index in [9.17, 15) is 13.2 Å². The van der Waals surface area contributed by atoms with E-state index >= 15 is 0 Å². The number of halogens is 5. The molecule has 0 N–H and O–H groups in total. The molecular weight excluding hydrogens is 432 g/mol. The largest absolute Gasteiger partial charge is 0.416 e. The van der Waals surface area contributed by atoms with Gasteiger partial charge in [0.25, 0.3) is 0 Å². The van der Waals surface area contributed by atoms with Crippen LogP contribution in [0.3, 0.4) is 0 Å². The fourth-order valence-electron chi connectivity index (χ4n) is 3.17. The summed E-state index contributed by atoms with van der Waals surface area (Å²) >= 11 is 12.2. The van der Waals surface area contributed by atoms with E-state index in [-0.39, 0.29) is 0 Å². The molecule has 2 nitrogen and oxygen atoms in total. The Morgan fingerprint density at radius 1 is 0.867 bits per heavy atom. The maximum absolute atomic E-state index is 12.9. The third kappa shape index (κ3) is 4.53. The maximum atomic E-state index is 12.9. The summed E-state index contributed by atoms with van der Waals surface area (Å²) in [5, 5.41) is 1.09. The summed E-state index contributed by atoms with van der Waals surface area (Å²) in [4.78, 5) is 4.40. The summed E-state index contributed by atoms with van der Waals surface area (Å²) in [7, 11) is 0. The molecule has 0 amide bonds. The maximum Gasteiger partial charge on any atom is 0.416 e. The zero-order chi connectivity index (χ0) is 21.3. The average molecular weight is 447 g/mol. The predicted octanol–water partition coefficient (Wildman–Crippen LogP) is 7.59. The van der Waals surface area contributed by atoms with Gasteiger partial charge in [-0.3, -0.25) is 0 Å². The predicted molar refractivity (Wildman–Crippen MR) is 114 cm³/mol. The fourth-order valence-corrected chi connectivity index (χ4v) is 3.68. The van der Waals surface area contributed by atoms with Crippen LogP contribution >= 0.6 is 23.2 Å². The van der Waals surface area contributed by atoms with E-state index in [4.69, 9.17) is 23.2 Å². The SMILES string of the molecule is FC(F)(F)c1cccc(-c2ccc(Cn3cnc(-c4ccc(Cl)cc4Cl)c3)cc2)c1. The van der Waals surface area contributed by atoms with Gasteiger partial charge in [-0.1, -0.05) is 59.6 Å². The molecule has 3 aromatic carbocycles. The number of hydrogen-bond acceptors (Lipinski definition) is 1. The fraction of sp³-hybridized carbons (Fsp3) is 0.0870. The molecule has 0 spiro atoms. The molecule has 4 aromatic rings. The van der Waals surface area contributed by atoms with Gasteiger partial charge in [-0.25, -0.2) is 4.98 Å². The number of rotatable bonds is 4. The molecule has 0 unspecified atom stereocenters. The van der Waals surface area contributed by atoms with E-state index in [0.29, 0.717) is 22.2 Å². The smallest absolute Gasteiger partial charge is 0.332 e. The summed E-state index contributed by atoms with van der Waals surface area (Å²) in [5.74, 6) is 0. The Morgan fingerprint density at radius 3 is 2.33 bits per heavy atom. The van der Waals surface area contributed by atoms with Gasteiger partial charge in [0.1, 0.15) is 0 Å². The normalized spacial score (nSPS) is 11.6. The Morgan fingerprint density at radius 2 is 1.63 bits per heavy atom. The number of benzene rings is 3. The van der Waals surface area contributed by atoms with Crippen molar-refractivity contribution >= 4 is 23.2 Å². The molecule has 0 saturated carbocycles. The number of aromatic nitrogens is 2. The quantitative estimate of drug-likeness (QED) is 0.315. The summed E-state index contributed by atoms with van der Waals surface area (Å²) in [6.07, 6.45) is -0.765. The highest BCUT2D eigenvalue weighted by atomic mass is 35.5. The highest BCUT2D eigenvalue weighted by Crippen LogP contribution is 2.32. The first-order valence-electron chi connectivity index (χ1n) is 9.03. The van der Waals surface area contributed by atoms with E-state index in [2.05, 4.69) is 4.98 Å². The van der Waals surface area contributed by atoms with Crippen LogP contribution in [0.4, 0.5) is 13.2 Å². The minimum atomic E-state index is -4.36. The zero-order valence-electron chi connectivity index (χ0n) is 15.5. The number of alkyl halides is 3. The Labute approximate surface area is 181 Å². The van der Waals surface area contributed by atoms with Crippen LogP contribution in [0.25, 0.3) is 22.4 Å². The monoisotopic (exact) mass is 446 g/mol. The van der Waals surface area contributed by atoms with E-state index in [1.807, 2.05) is 41.1 Å². The van der Waals surface area contributed by atoms with Crippen LogP contribution in [0.15, 0.2) is 79.3 Å². The third-order valence-corrected chi connectivity index (χ3v) is 5.23. The lowest BCUT2D eigenvalue weighted by molar-refractivity contribution is -0.137. The van der Waals surface area contributed by atoms with Gasteiger partial charge in [-0.15, -0.1) is 0 Å². The molecule has 152 valence electrons. The first kappa shape index (κ1) is 20.5. The molecule has 0 fully saturated rings. The lowest BCUT2D eigenvalue weighted by atomic mass is 10.0. The lowest BCUT2D eigenvalue weighted by Gasteiger charge is -2.09. The second-order valence-electron chi connectivity index (χ2n) is 6.83. The van der Waals surface area contributed by atoms with Gasteiger partial charge in [-0.05, 0) is 47.0 Å². The molecule has 0 aliphatic carbocycles. The van der Waals surface area contributed by atoms with E-state index in [1.165, 1.54) is 6.07 Å². The Balaban J connectivity index is 1.52. The Kier molecular flexibility index (Phi) is 5.58. The van der Waals surface area contributed by atoms with Crippen molar-refractivity contribution in [1.82, 2.24) is 9.55 Å². The molecular formula is C23H15Cl2F3N2. The second-order valence-corrected chi connectivity index (χ2v) is 7.67. The van der Waals surface area contributed by atoms with Gasteiger partial charge in [0.05, 0.1) is 22.6 Å². The van der Waals surface area contributed by atoms with Gasteiger partial charge in [0, 0.05) is 23.3 Å². The lowest BCUT2D eigenvalue weighted by Crippen LogP contribution is -2.04. The van der Waals surface area contributed by atoms with Gasteiger partial charge >= 0.3 is 6.18 Å². The van der Waals surface area contributed by atoms with Crippen LogP contribution in [0.2, 0.25) is 10.0 Å². The van der Waals surface area contributed by atoms with E-state index < -0.39 is 11.7 Å². The molecule has 0 bridgehead atoms. The van der Waals surface area contributed by atoms with Crippen LogP contribution in [0, 0.1) is 0 Å². The third-order valence-electron chi connectivity index (χ3n) is 4.68. The van der Waals surface area contributed by atoms with Crippen molar-refractivity contribution in [2.24, 2.45) is 0 Å². The average Bonchev–Trinajstić information content (AvgIpc) is 3.16. The molecule has 7 heteroatoms. The summed E-state index contributed by atoms with van der Waals surface area (Å²) < 4.78 is 40.7. The molecule has 0 aliphatic heterocycles. The number of hydrogen-bond donors (Lipinski definition) is 0. The standard InChI is InChI=1S/C23H15Cl2F3N2/c24-19-8-9-20(21(25)11-19)22-13-30(14-29-22)12-15-4-6-16(7-5-15)17-2-1-3-18(10-17)23(26,27)28/h1-11,13-14H,12H2. The minimum Gasteiger partial charge on any atom is -0.332 e. The summed E-state index contributed by atoms with van der Waals surface area (Å²) in [5.41, 5.74) is 3.12.